The number of nitrogens with zero attached hydrogens (tertiary/aromatic N) is 1. The lowest BCUT2D eigenvalue weighted by Crippen LogP contribution is -2.28. The van der Waals surface area contributed by atoms with Gasteiger partial charge in [0, 0.05) is 5.75 Å². The van der Waals surface area contributed by atoms with Crippen LogP contribution in [0.15, 0.2) is 0 Å². The SMILES string of the molecule is CCS(=O)(=O)CCCC1(C#N)CCC1. The average Bonchev–Trinajstić information content (AvgIpc) is 2.10. The molecule has 0 atom stereocenters. The van der Waals surface area contributed by atoms with Crippen molar-refractivity contribution in [2.24, 2.45) is 5.41 Å². The molecule has 0 aliphatic heterocycles. The minimum Gasteiger partial charge on any atom is -0.229 e. The van der Waals surface area contributed by atoms with Crippen molar-refractivity contribution in [1.82, 2.24) is 0 Å². The second-order valence-corrected chi connectivity index (χ2v) is 6.56. The third-order valence-corrected chi connectivity index (χ3v) is 4.89. The Morgan fingerprint density at radius 1 is 1.43 bits per heavy atom. The van der Waals surface area contributed by atoms with Gasteiger partial charge in [-0.1, -0.05) is 13.3 Å². The fourth-order valence-corrected chi connectivity index (χ4v) is 2.67. The molecule has 1 fully saturated rings. The molecule has 0 aromatic carbocycles. The number of sulfone groups is 1. The van der Waals surface area contributed by atoms with Crippen LogP contribution in [0.1, 0.15) is 39.0 Å². The largest absolute Gasteiger partial charge is 0.229 e. The summed E-state index contributed by atoms with van der Waals surface area (Å²) in [5.74, 6) is 0.458. The molecule has 1 rings (SSSR count). The van der Waals surface area contributed by atoms with Gasteiger partial charge in [-0.25, -0.2) is 8.42 Å². The summed E-state index contributed by atoms with van der Waals surface area (Å²) in [5.41, 5.74) is -0.177. The zero-order chi connectivity index (χ0) is 10.7. The fourth-order valence-electron chi connectivity index (χ4n) is 1.80. The minimum absolute atomic E-state index is 0.177. The molecule has 80 valence electrons. The average molecular weight is 215 g/mol. The standard InChI is InChI=1S/C10H17NO2S/c1-2-14(12,13)8-4-7-10(9-11)5-3-6-10/h2-8H2,1H3. The highest BCUT2D eigenvalue weighted by Crippen LogP contribution is 2.44. The van der Waals surface area contributed by atoms with E-state index >= 15 is 0 Å². The van der Waals surface area contributed by atoms with Crippen LogP contribution in [0.3, 0.4) is 0 Å². The molecule has 0 heterocycles. The summed E-state index contributed by atoms with van der Waals surface area (Å²) in [4.78, 5) is 0. The lowest BCUT2D eigenvalue weighted by atomic mass is 9.67. The molecule has 0 N–H and O–H groups in total. The van der Waals surface area contributed by atoms with E-state index in [-0.39, 0.29) is 16.9 Å². The minimum atomic E-state index is -2.84. The van der Waals surface area contributed by atoms with E-state index in [1.165, 1.54) is 0 Å². The molecule has 0 aromatic heterocycles. The first kappa shape index (κ1) is 11.5. The van der Waals surface area contributed by atoms with Crippen LogP contribution in [0, 0.1) is 16.7 Å². The predicted molar refractivity (Wildman–Crippen MR) is 55.5 cm³/mol. The summed E-state index contributed by atoms with van der Waals surface area (Å²) in [6.07, 6.45) is 4.42. The van der Waals surface area contributed by atoms with Crippen molar-refractivity contribution in [3.63, 3.8) is 0 Å². The highest BCUT2D eigenvalue weighted by Gasteiger charge is 2.36. The van der Waals surface area contributed by atoms with Gasteiger partial charge in [-0.05, 0) is 25.7 Å². The normalized spacial score (nSPS) is 19.7. The van der Waals surface area contributed by atoms with E-state index < -0.39 is 9.84 Å². The van der Waals surface area contributed by atoms with Crippen LogP contribution in [0.5, 0.6) is 0 Å². The molecule has 0 saturated heterocycles. The Labute approximate surface area is 86.0 Å². The van der Waals surface area contributed by atoms with E-state index in [2.05, 4.69) is 6.07 Å². The van der Waals surface area contributed by atoms with Crippen molar-refractivity contribution in [3.8, 4) is 6.07 Å². The zero-order valence-corrected chi connectivity index (χ0v) is 9.44. The van der Waals surface area contributed by atoms with E-state index in [0.29, 0.717) is 6.42 Å². The summed E-state index contributed by atoms with van der Waals surface area (Å²) in [6.45, 7) is 1.67. The number of rotatable bonds is 5. The number of hydrogen-bond acceptors (Lipinski definition) is 3. The molecule has 0 bridgehead atoms. The maximum absolute atomic E-state index is 11.2. The molecule has 3 nitrogen and oxygen atoms in total. The lowest BCUT2D eigenvalue weighted by molar-refractivity contribution is 0.196. The second-order valence-electron chi connectivity index (χ2n) is 4.09. The first-order valence-electron chi connectivity index (χ1n) is 5.15. The quantitative estimate of drug-likeness (QED) is 0.703. The summed E-state index contributed by atoms with van der Waals surface area (Å²) >= 11 is 0. The van der Waals surface area contributed by atoms with Gasteiger partial charge in [0.15, 0.2) is 0 Å². The maximum Gasteiger partial charge on any atom is 0.150 e. The fraction of sp³-hybridized carbons (Fsp3) is 0.900. The Hall–Kier alpha value is -0.560. The topological polar surface area (TPSA) is 57.9 Å². The Morgan fingerprint density at radius 3 is 2.43 bits per heavy atom. The summed E-state index contributed by atoms with van der Waals surface area (Å²) in [6, 6.07) is 2.32. The predicted octanol–water partition coefficient (Wildman–Crippen LogP) is 1.90. The first-order valence-corrected chi connectivity index (χ1v) is 6.97. The Bertz CT molecular complexity index is 323. The maximum atomic E-state index is 11.2. The van der Waals surface area contributed by atoms with Crippen molar-refractivity contribution in [3.05, 3.63) is 0 Å². The van der Waals surface area contributed by atoms with Crippen LogP contribution in [-0.4, -0.2) is 19.9 Å². The Balaban J connectivity index is 2.32. The molecule has 0 amide bonds. The molecule has 1 aliphatic rings. The van der Waals surface area contributed by atoms with Crippen LogP contribution < -0.4 is 0 Å². The summed E-state index contributed by atoms with van der Waals surface area (Å²) in [7, 11) is -2.84. The molecular formula is C10H17NO2S. The van der Waals surface area contributed by atoms with E-state index in [1.54, 1.807) is 6.92 Å². The highest BCUT2D eigenvalue weighted by atomic mass is 32.2. The van der Waals surface area contributed by atoms with Gasteiger partial charge in [-0.2, -0.15) is 5.26 Å². The van der Waals surface area contributed by atoms with Crippen molar-refractivity contribution < 1.29 is 8.42 Å². The second kappa shape index (κ2) is 4.31. The van der Waals surface area contributed by atoms with Crippen LogP contribution in [0.4, 0.5) is 0 Å². The van der Waals surface area contributed by atoms with Gasteiger partial charge in [-0.3, -0.25) is 0 Å². The van der Waals surface area contributed by atoms with Gasteiger partial charge in [0.1, 0.15) is 9.84 Å². The van der Waals surface area contributed by atoms with Crippen LogP contribution in [0.25, 0.3) is 0 Å². The Kier molecular flexibility index (Phi) is 3.54. The molecular weight excluding hydrogens is 198 g/mol. The third-order valence-electron chi connectivity index (χ3n) is 3.10. The van der Waals surface area contributed by atoms with Gasteiger partial charge in [0.25, 0.3) is 0 Å². The molecule has 0 unspecified atom stereocenters. The molecule has 0 radical (unpaired) electrons. The molecule has 1 aliphatic carbocycles. The van der Waals surface area contributed by atoms with Gasteiger partial charge in [-0.15, -0.1) is 0 Å². The van der Waals surface area contributed by atoms with Crippen molar-refractivity contribution in [2.45, 2.75) is 39.0 Å². The van der Waals surface area contributed by atoms with Crippen LogP contribution in [0.2, 0.25) is 0 Å². The van der Waals surface area contributed by atoms with E-state index in [0.717, 1.165) is 25.7 Å². The number of nitriles is 1. The van der Waals surface area contributed by atoms with E-state index in [9.17, 15) is 8.42 Å². The monoisotopic (exact) mass is 215 g/mol. The molecule has 14 heavy (non-hydrogen) atoms. The lowest BCUT2D eigenvalue weighted by Gasteiger charge is -2.35. The first-order chi connectivity index (χ1) is 6.54. The smallest absolute Gasteiger partial charge is 0.150 e. The van der Waals surface area contributed by atoms with Crippen molar-refractivity contribution >= 4 is 9.84 Å². The van der Waals surface area contributed by atoms with Crippen LogP contribution in [-0.2, 0) is 9.84 Å². The van der Waals surface area contributed by atoms with Crippen molar-refractivity contribution in [2.75, 3.05) is 11.5 Å². The molecule has 0 spiro atoms. The van der Waals surface area contributed by atoms with E-state index in [4.69, 9.17) is 5.26 Å². The van der Waals surface area contributed by atoms with Gasteiger partial charge >= 0.3 is 0 Å². The van der Waals surface area contributed by atoms with Gasteiger partial charge in [0.2, 0.25) is 0 Å². The molecule has 1 saturated carbocycles. The Morgan fingerprint density at radius 2 is 2.07 bits per heavy atom. The molecule has 0 aromatic rings. The molecule has 4 heteroatoms. The number of hydrogen-bond donors (Lipinski definition) is 0. The van der Waals surface area contributed by atoms with Gasteiger partial charge in [0.05, 0.1) is 17.2 Å². The summed E-state index contributed by atoms with van der Waals surface area (Å²) < 4.78 is 22.4. The highest BCUT2D eigenvalue weighted by molar-refractivity contribution is 7.91. The van der Waals surface area contributed by atoms with Crippen LogP contribution >= 0.6 is 0 Å². The van der Waals surface area contributed by atoms with E-state index in [1.807, 2.05) is 0 Å². The summed E-state index contributed by atoms with van der Waals surface area (Å²) in [5, 5.41) is 8.92. The van der Waals surface area contributed by atoms with Gasteiger partial charge < -0.3 is 0 Å². The third kappa shape index (κ3) is 2.71. The van der Waals surface area contributed by atoms with Crippen molar-refractivity contribution in [1.29, 1.82) is 5.26 Å². The zero-order valence-electron chi connectivity index (χ0n) is 8.62.